The molecule has 9 aromatic carbocycles. The quantitative estimate of drug-likeness (QED) is 0.161. The monoisotopic (exact) mass is 793 g/mol. The van der Waals surface area contributed by atoms with Crippen LogP contribution in [0.5, 0.6) is 0 Å². The minimum atomic E-state index is 0.597. The standard InChI is InChI=1S/C57H35N3O2/c1-3-14-38(15-4-1)43-21-11-23-46-47-24-12-22-45(54(47)62-53(43)46)44-19-8-7-18-42(44)39-32-28-36(29-33-39)37-30-34-41(35-31-37)56-58-55(40-16-5-2-6-17-40)59-57(60-56)49-25-13-27-51-52(49)48-20-9-10-26-50(48)61-51/h1-35H. The molecule has 0 aliphatic rings. The van der Waals surface area contributed by atoms with E-state index in [2.05, 4.69) is 146 Å². The normalized spacial score (nSPS) is 11.5. The van der Waals surface area contributed by atoms with E-state index in [-0.39, 0.29) is 0 Å². The number of para-hydroxylation sites is 3. The Kier molecular flexibility index (Phi) is 8.42. The molecule has 0 amide bonds. The number of furan rings is 2. The smallest absolute Gasteiger partial charge is 0.164 e. The topological polar surface area (TPSA) is 65.0 Å². The SMILES string of the molecule is c1ccc(-c2nc(-c3ccc(-c4ccc(-c5ccccc5-c5cccc6c5oc5c(-c7ccccc7)cccc56)cc4)cc3)nc(-c3cccc4oc5ccccc5c34)n2)cc1. The molecule has 3 aromatic heterocycles. The van der Waals surface area contributed by atoms with Crippen LogP contribution in [0.25, 0.3) is 123 Å². The Morgan fingerprint density at radius 3 is 1.39 bits per heavy atom. The molecule has 0 bridgehead atoms. The van der Waals surface area contributed by atoms with Crippen molar-refractivity contribution < 1.29 is 8.83 Å². The van der Waals surface area contributed by atoms with Gasteiger partial charge in [0.2, 0.25) is 0 Å². The van der Waals surface area contributed by atoms with Gasteiger partial charge in [-0.3, -0.25) is 0 Å². The highest BCUT2D eigenvalue weighted by Gasteiger charge is 2.20. The van der Waals surface area contributed by atoms with Crippen molar-refractivity contribution in [1.82, 2.24) is 15.0 Å². The molecule has 0 aliphatic heterocycles. The number of benzene rings is 9. The van der Waals surface area contributed by atoms with E-state index in [1.54, 1.807) is 0 Å². The van der Waals surface area contributed by atoms with Gasteiger partial charge in [-0.15, -0.1) is 0 Å². The first kappa shape index (κ1) is 35.5. The van der Waals surface area contributed by atoms with Crippen LogP contribution >= 0.6 is 0 Å². The summed E-state index contributed by atoms with van der Waals surface area (Å²) >= 11 is 0. The summed E-state index contributed by atoms with van der Waals surface area (Å²) in [5.41, 5.74) is 15.1. The van der Waals surface area contributed by atoms with Crippen LogP contribution in [-0.4, -0.2) is 15.0 Å². The van der Waals surface area contributed by atoms with Gasteiger partial charge in [-0.05, 0) is 45.5 Å². The Labute approximate surface area is 357 Å². The average Bonchev–Trinajstić information content (AvgIpc) is 3.94. The predicted molar refractivity (Wildman–Crippen MR) is 252 cm³/mol. The van der Waals surface area contributed by atoms with Crippen molar-refractivity contribution in [3.05, 3.63) is 212 Å². The molecular weight excluding hydrogens is 759 g/mol. The highest BCUT2D eigenvalue weighted by Crippen LogP contribution is 2.43. The molecule has 12 rings (SSSR count). The van der Waals surface area contributed by atoms with E-state index < -0.39 is 0 Å². The molecule has 0 atom stereocenters. The summed E-state index contributed by atoms with van der Waals surface area (Å²) in [4.78, 5) is 15.1. The molecule has 0 fully saturated rings. The Bertz CT molecular complexity index is 3610. The maximum Gasteiger partial charge on any atom is 0.164 e. The second kappa shape index (κ2) is 14.7. The lowest BCUT2D eigenvalue weighted by Crippen LogP contribution is -2.00. The minimum Gasteiger partial charge on any atom is -0.456 e. The van der Waals surface area contributed by atoms with Crippen LogP contribution < -0.4 is 0 Å². The van der Waals surface area contributed by atoms with Gasteiger partial charge in [-0.1, -0.05) is 200 Å². The Hall–Kier alpha value is -8.41. The van der Waals surface area contributed by atoms with Crippen LogP contribution in [-0.2, 0) is 0 Å². The molecule has 5 nitrogen and oxygen atoms in total. The summed E-state index contributed by atoms with van der Waals surface area (Å²) in [5, 5.41) is 4.24. The molecule has 0 aliphatic carbocycles. The summed E-state index contributed by atoms with van der Waals surface area (Å²) in [6, 6.07) is 73.4. The van der Waals surface area contributed by atoms with Gasteiger partial charge in [0.1, 0.15) is 22.3 Å². The average molecular weight is 794 g/mol. The summed E-state index contributed by atoms with van der Waals surface area (Å²) in [7, 11) is 0. The van der Waals surface area contributed by atoms with Crippen LogP contribution in [0.15, 0.2) is 221 Å². The zero-order valence-electron chi connectivity index (χ0n) is 33.4. The minimum absolute atomic E-state index is 0.597. The zero-order valence-corrected chi connectivity index (χ0v) is 33.4. The third-order valence-corrected chi connectivity index (χ3v) is 11.8. The van der Waals surface area contributed by atoms with Gasteiger partial charge < -0.3 is 8.83 Å². The van der Waals surface area contributed by atoms with Crippen molar-refractivity contribution in [3.8, 4) is 78.7 Å². The van der Waals surface area contributed by atoms with E-state index in [0.717, 1.165) is 105 Å². The lowest BCUT2D eigenvalue weighted by molar-refractivity contribution is 0.669. The highest BCUT2D eigenvalue weighted by atomic mass is 16.3. The molecule has 0 saturated carbocycles. The molecule has 0 radical (unpaired) electrons. The third-order valence-electron chi connectivity index (χ3n) is 11.8. The number of hydrogen-bond acceptors (Lipinski definition) is 5. The van der Waals surface area contributed by atoms with Crippen molar-refractivity contribution in [2.75, 3.05) is 0 Å². The van der Waals surface area contributed by atoms with E-state index in [1.807, 2.05) is 66.7 Å². The van der Waals surface area contributed by atoms with Gasteiger partial charge in [-0.25, -0.2) is 15.0 Å². The number of nitrogens with zero attached hydrogens (tertiary/aromatic N) is 3. The van der Waals surface area contributed by atoms with Gasteiger partial charge >= 0.3 is 0 Å². The predicted octanol–water partition coefficient (Wildman–Crippen LogP) is 15.3. The molecule has 290 valence electrons. The lowest BCUT2D eigenvalue weighted by Gasteiger charge is -2.12. The molecule has 62 heavy (non-hydrogen) atoms. The fraction of sp³-hybridized carbons (Fsp3) is 0. The molecule has 5 heteroatoms. The van der Waals surface area contributed by atoms with Gasteiger partial charge in [0.25, 0.3) is 0 Å². The largest absolute Gasteiger partial charge is 0.456 e. The van der Waals surface area contributed by atoms with Crippen molar-refractivity contribution in [2.45, 2.75) is 0 Å². The summed E-state index contributed by atoms with van der Waals surface area (Å²) in [5.74, 6) is 1.82. The van der Waals surface area contributed by atoms with Gasteiger partial charge in [0, 0.05) is 49.4 Å². The van der Waals surface area contributed by atoms with E-state index in [0.29, 0.717) is 17.5 Å². The van der Waals surface area contributed by atoms with Crippen molar-refractivity contribution in [2.24, 2.45) is 0 Å². The summed E-state index contributed by atoms with van der Waals surface area (Å²) < 4.78 is 13.0. The molecule has 0 unspecified atom stereocenters. The Morgan fingerprint density at radius 1 is 0.242 bits per heavy atom. The fourth-order valence-corrected chi connectivity index (χ4v) is 8.80. The van der Waals surface area contributed by atoms with E-state index in [1.165, 1.54) is 0 Å². The van der Waals surface area contributed by atoms with Crippen LogP contribution in [0.2, 0.25) is 0 Å². The van der Waals surface area contributed by atoms with Crippen LogP contribution in [0.3, 0.4) is 0 Å². The van der Waals surface area contributed by atoms with Gasteiger partial charge in [-0.2, -0.15) is 0 Å². The van der Waals surface area contributed by atoms with Crippen molar-refractivity contribution in [3.63, 3.8) is 0 Å². The summed E-state index contributed by atoms with van der Waals surface area (Å²) in [6.07, 6.45) is 0. The van der Waals surface area contributed by atoms with Crippen LogP contribution in [0.1, 0.15) is 0 Å². The van der Waals surface area contributed by atoms with Gasteiger partial charge in [0.05, 0.1) is 0 Å². The van der Waals surface area contributed by atoms with E-state index >= 15 is 0 Å². The Balaban J connectivity index is 0.889. The number of hydrogen-bond donors (Lipinski definition) is 0. The molecule has 12 aromatic rings. The van der Waals surface area contributed by atoms with Crippen LogP contribution in [0.4, 0.5) is 0 Å². The third kappa shape index (κ3) is 6.06. The highest BCUT2D eigenvalue weighted by molar-refractivity contribution is 6.14. The summed E-state index contributed by atoms with van der Waals surface area (Å²) in [6.45, 7) is 0. The first-order valence-electron chi connectivity index (χ1n) is 20.8. The lowest BCUT2D eigenvalue weighted by atomic mass is 9.92. The first-order valence-corrected chi connectivity index (χ1v) is 20.8. The molecule has 3 heterocycles. The first-order chi connectivity index (χ1) is 30.7. The number of aromatic nitrogens is 3. The second-order valence-corrected chi connectivity index (χ2v) is 15.5. The maximum absolute atomic E-state index is 6.80. The van der Waals surface area contributed by atoms with E-state index in [9.17, 15) is 0 Å². The number of rotatable bonds is 7. The maximum atomic E-state index is 6.80. The zero-order chi connectivity index (χ0) is 41.0. The Morgan fingerprint density at radius 2 is 0.677 bits per heavy atom. The van der Waals surface area contributed by atoms with Gasteiger partial charge in [0.15, 0.2) is 17.5 Å². The second-order valence-electron chi connectivity index (χ2n) is 15.5. The van der Waals surface area contributed by atoms with Crippen molar-refractivity contribution in [1.29, 1.82) is 0 Å². The number of fused-ring (bicyclic) bond motifs is 6. The van der Waals surface area contributed by atoms with Crippen molar-refractivity contribution >= 4 is 43.9 Å². The molecule has 0 spiro atoms. The fourth-order valence-electron chi connectivity index (χ4n) is 8.80. The molecule has 0 N–H and O–H groups in total. The van der Waals surface area contributed by atoms with Crippen LogP contribution in [0, 0.1) is 0 Å². The molecule has 0 saturated heterocycles. The molecular formula is C57H35N3O2. The van der Waals surface area contributed by atoms with E-state index in [4.69, 9.17) is 23.8 Å².